The molecule has 0 radical (unpaired) electrons. The van der Waals surface area contributed by atoms with Crippen molar-refractivity contribution in [2.45, 2.75) is 32.3 Å². The van der Waals surface area contributed by atoms with Gasteiger partial charge in [0.05, 0.1) is 12.7 Å². The summed E-state index contributed by atoms with van der Waals surface area (Å²) in [7, 11) is 0. The van der Waals surface area contributed by atoms with E-state index in [0.29, 0.717) is 32.8 Å². The maximum Gasteiger partial charge on any atom is 0.414 e. The van der Waals surface area contributed by atoms with Crippen LogP contribution in [0.2, 0.25) is 0 Å². The van der Waals surface area contributed by atoms with Crippen LogP contribution in [-0.4, -0.2) is 27.2 Å². The molecule has 0 aliphatic carbocycles. The number of nitrogens with zero attached hydrogens (tertiary/aromatic N) is 3. The highest BCUT2D eigenvalue weighted by molar-refractivity contribution is 5.27. The minimum absolute atomic E-state index is 0.107. The van der Waals surface area contributed by atoms with Gasteiger partial charge in [0, 0.05) is 11.5 Å². The van der Waals surface area contributed by atoms with Crippen LogP contribution in [0.5, 0.6) is 11.8 Å². The summed E-state index contributed by atoms with van der Waals surface area (Å²) in [6.07, 6.45) is 1.98. The van der Waals surface area contributed by atoms with E-state index in [1.807, 2.05) is 54.6 Å². The summed E-state index contributed by atoms with van der Waals surface area (Å²) in [5.41, 5.74) is 2.16. The van der Waals surface area contributed by atoms with E-state index in [1.165, 1.54) is 6.20 Å². The third kappa shape index (κ3) is 4.91. The van der Waals surface area contributed by atoms with Gasteiger partial charge in [-0.3, -0.25) is 4.57 Å². The minimum atomic E-state index is -0.522. The van der Waals surface area contributed by atoms with Crippen LogP contribution in [0.3, 0.4) is 0 Å². The van der Waals surface area contributed by atoms with Gasteiger partial charge in [0.2, 0.25) is 0 Å². The van der Waals surface area contributed by atoms with Crippen molar-refractivity contribution in [3.05, 3.63) is 82.0 Å². The SMILES string of the molecule is O=[N+]([O-])c1cn2c(n1)OCC(OCc1ccc(OCc3ccccc3)cc1)CC2. The van der Waals surface area contributed by atoms with Crippen molar-refractivity contribution in [2.24, 2.45) is 0 Å². The van der Waals surface area contributed by atoms with E-state index in [2.05, 4.69) is 4.98 Å². The molecule has 4 rings (SSSR count). The molecule has 0 saturated carbocycles. The van der Waals surface area contributed by atoms with E-state index in [9.17, 15) is 10.1 Å². The zero-order valence-electron chi connectivity index (χ0n) is 15.8. The lowest BCUT2D eigenvalue weighted by Crippen LogP contribution is -2.20. The van der Waals surface area contributed by atoms with E-state index in [4.69, 9.17) is 14.2 Å². The lowest BCUT2D eigenvalue weighted by Gasteiger charge is -2.14. The predicted molar refractivity (Wildman–Crippen MR) is 105 cm³/mol. The van der Waals surface area contributed by atoms with Gasteiger partial charge in [-0.1, -0.05) is 42.5 Å². The Morgan fingerprint density at radius 2 is 1.86 bits per heavy atom. The summed E-state index contributed by atoms with van der Waals surface area (Å²) >= 11 is 0. The van der Waals surface area contributed by atoms with Crippen LogP contribution in [0.4, 0.5) is 5.82 Å². The van der Waals surface area contributed by atoms with Crippen LogP contribution in [0, 0.1) is 10.1 Å². The van der Waals surface area contributed by atoms with Gasteiger partial charge in [0.15, 0.2) is 0 Å². The molecule has 0 bridgehead atoms. The summed E-state index contributed by atoms with van der Waals surface area (Å²) in [5, 5.41) is 10.8. The van der Waals surface area contributed by atoms with Crippen molar-refractivity contribution in [2.75, 3.05) is 6.61 Å². The van der Waals surface area contributed by atoms with Gasteiger partial charge in [-0.05, 0) is 34.6 Å². The highest BCUT2D eigenvalue weighted by atomic mass is 16.6. The number of benzene rings is 2. The first-order chi connectivity index (χ1) is 14.2. The molecule has 1 unspecified atom stereocenters. The maximum atomic E-state index is 10.8. The largest absolute Gasteiger partial charge is 0.489 e. The summed E-state index contributed by atoms with van der Waals surface area (Å²) < 4.78 is 19.0. The number of ether oxygens (including phenoxy) is 3. The molecule has 0 saturated heterocycles. The maximum absolute atomic E-state index is 10.8. The standard InChI is InChI=1S/C21H21N3O5/c25-24(26)20-12-23-11-10-19(15-29-21(23)22-20)28-14-17-6-8-18(9-7-17)27-13-16-4-2-1-3-5-16/h1-9,12,19H,10-11,13-15H2. The molecular formula is C21H21N3O5. The predicted octanol–water partition coefficient (Wildman–Crippen LogP) is 3.74. The van der Waals surface area contributed by atoms with Gasteiger partial charge in [-0.15, -0.1) is 0 Å². The highest BCUT2D eigenvalue weighted by Gasteiger charge is 2.25. The van der Waals surface area contributed by atoms with Crippen molar-refractivity contribution in [3.63, 3.8) is 0 Å². The Balaban J connectivity index is 1.25. The minimum Gasteiger partial charge on any atom is -0.489 e. The molecule has 0 spiro atoms. The Morgan fingerprint density at radius 1 is 1.10 bits per heavy atom. The molecule has 8 heteroatoms. The third-order valence-electron chi connectivity index (χ3n) is 4.66. The number of rotatable bonds is 7. The molecule has 2 heterocycles. The molecule has 0 fully saturated rings. The number of hydrogen-bond donors (Lipinski definition) is 0. The average molecular weight is 395 g/mol. The van der Waals surface area contributed by atoms with Crippen LogP contribution >= 0.6 is 0 Å². The lowest BCUT2D eigenvalue weighted by atomic mass is 10.2. The van der Waals surface area contributed by atoms with Gasteiger partial charge in [0.1, 0.15) is 25.2 Å². The molecule has 150 valence electrons. The average Bonchev–Trinajstić information content (AvgIpc) is 3.07. The van der Waals surface area contributed by atoms with Crippen LogP contribution in [-0.2, 0) is 24.5 Å². The number of aryl methyl sites for hydroxylation is 1. The summed E-state index contributed by atoms with van der Waals surface area (Å²) in [5.74, 6) is 0.608. The van der Waals surface area contributed by atoms with Crippen molar-refractivity contribution in [3.8, 4) is 11.8 Å². The summed E-state index contributed by atoms with van der Waals surface area (Å²) in [6, 6.07) is 18.1. The van der Waals surface area contributed by atoms with E-state index < -0.39 is 4.92 Å². The second-order valence-corrected chi connectivity index (χ2v) is 6.78. The van der Waals surface area contributed by atoms with Crippen LogP contribution in [0.15, 0.2) is 60.8 Å². The Bertz CT molecular complexity index is 931. The topological polar surface area (TPSA) is 88.7 Å². The van der Waals surface area contributed by atoms with Crippen molar-refractivity contribution in [1.29, 1.82) is 0 Å². The van der Waals surface area contributed by atoms with E-state index in [-0.39, 0.29) is 17.9 Å². The fourth-order valence-corrected chi connectivity index (χ4v) is 3.05. The number of hydrogen-bond acceptors (Lipinski definition) is 6. The molecule has 1 aliphatic heterocycles. The molecule has 3 aromatic rings. The number of aromatic nitrogens is 2. The number of nitro groups is 1. The van der Waals surface area contributed by atoms with Gasteiger partial charge in [0.25, 0.3) is 0 Å². The molecule has 2 aromatic carbocycles. The van der Waals surface area contributed by atoms with Gasteiger partial charge in [-0.25, -0.2) is 0 Å². The van der Waals surface area contributed by atoms with Crippen LogP contribution in [0.1, 0.15) is 17.5 Å². The Labute approximate surface area is 167 Å². The van der Waals surface area contributed by atoms with E-state index in [1.54, 1.807) is 4.57 Å². The Hall–Kier alpha value is -3.39. The van der Waals surface area contributed by atoms with Crippen LogP contribution < -0.4 is 9.47 Å². The van der Waals surface area contributed by atoms with Crippen LogP contribution in [0.25, 0.3) is 0 Å². The zero-order chi connectivity index (χ0) is 20.1. The molecule has 1 aliphatic rings. The lowest BCUT2D eigenvalue weighted by molar-refractivity contribution is -0.389. The van der Waals surface area contributed by atoms with E-state index >= 15 is 0 Å². The molecule has 1 aromatic heterocycles. The van der Waals surface area contributed by atoms with Crippen molar-refractivity contribution in [1.82, 2.24) is 9.55 Å². The van der Waals surface area contributed by atoms with Crippen molar-refractivity contribution < 1.29 is 19.1 Å². The first-order valence-electron chi connectivity index (χ1n) is 9.39. The number of imidazole rings is 1. The second-order valence-electron chi connectivity index (χ2n) is 6.78. The van der Waals surface area contributed by atoms with Gasteiger partial charge >= 0.3 is 11.8 Å². The molecule has 0 amide bonds. The molecule has 1 atom stereocenters. The summed E-state index contributed by atoms with van der Waals surface area (Å²) in [6.45, 7) is 1.86. The monoisotopic (exact) mass is 395 g/mol. The number of fused-ring (bicyclic) bond motifs is 1. The molecule has 8 nitrogen and oxygen atoms in total. The smallest absolute Gasteiger partial charge is 0.414 e. The van der Waals surface area contributed by atoms with E-state index in [0.717, 1.165) is 16.9 Å². The van der Waals surface area contributed by atoms with Crippen molar-refractivity contribution >= 4 is 5.82 Å². The molecular weight excluding hydrogens is 374 g/mol. The zero-order valence-corrected chi connectivity index (χ0v) is 15.8. The normalized spacial score (nSPS) is 15.8. The third-order valence-corrected chi connectivity index (χ3v) is 4.66. The molecule has 0 N–H and O–H groups in total. The highest BCUT2D eigenvalue weighted by Crippen LogP contribution is 2.22. The fraction of sp³-hybridized carbons (Fsp3) is 0.286. The molecule has 29 heavy (non-hydrogen) atoms. The summed E-state index contributed by atoms with van der Waals surface area (Å²) in [4.78, 5) is 14.2. The first kappa shape index (κ1) is 18.9. The van der Waals surface area contributed by atoms with Gasteiger partial charge < -0.3 is 24.3 Å². The Morgan fingerprint density at radius 3 is 2.62 bits per heavy atom. The fourth-order valence-electron chi connectivity index (χ4n) is 3.05. The first-order valence-corrected chi connectivity index (χ1v) is 9.39. The second kappa shape index (κ2) is 8.74. The Kier molecular flexibility index (Phi) is 5.71. The quantitative estimate of drug-likeness (QED) is 0.447. The van der Waals surface area contributed by atoms with Gasteiger partial charge in [-0.2, -0.15) is 0 Å².